The van der Waals surface area contributed by atoms with Gasteiger partial charge in [-0.3, -0.25) is 9.48 Å². The third-order valence-electron chi connectivity index (χ3n) is 5.41. The van der Waals surface area contributed by atoms with Gasteiger partial charge in [-0.25, -0.2) is 4.79 Å². The summed E-state index contributed by atoms with van der Waals surface area (Å²) in [5.74, 6) is -1.29. The highest BCUT2D eigenvalue weighted by Crippen LogP contribution is 2.41. The summed E-state index contributed by atoms with van der Waals surface area (Å²) in [5, 5.41) is 14.0. The molecule has 1 N–H and O–H groups in total. The van der Waals surface area contributed by atoms with Gasteiger partial charge in [0.2, 0.25) is 0 Å². The number of halogens is 2. The number of para-hydroxylation sites is 1. The number of hydrogen-bond acceptors (Lipinski definition) is 4. The largest absolute Gasteiger partial charge is 0.477 e. The molecular formula is C22H21F2N3O4. The van der Waals surface area contributed by atoms with Crippen molar-refractivity contribution in [2.45, 2.75) is 40.0 Å². The van der Waals surface area contributed by atoms with Gasteiger partial charge in [0.15, 0.2) is 5.43 Å². The van der Waals surface area contributed by atoms with Gasteiger partial charge >= 0.3 is 12.6 Å². The van der Waals surface area contributed by atoms with Crippen molar-refractivity contribution in [3.05, 3.63) is 58.4 Å². The minimum atomic E-state index is -2.97. The van der Waals surface area contributed by atoms with Crippen molar-refractivity contribution in [1.82, 2.24) is 14.3 Å². The molecule has 2 aromatic heterocycles. The van der Waals surface area contributed by atoms with Crippen LogP contribution in [0.2, 0.25) is 0 Å². The quantitative estimate of drug-likeness (QED) is 0.669. The maximum absolute atomic E-state index is 12.8. The number of pyridine rings is 1. The van der Waals surface area contributed by atoms with Crippen molar-refractivity contribution in [1.29, 1.82) is 0 Å². The lowest BCUT2D eigenvalue weighted by Gasteiger charge is -2.38. The van der Waals surface area contributed by atoms with Crippen LogP contribution in [0.4, 0.5) is 8.78 Å². The maximum Gasteiger partial charge on any atom is 0.387 e. The molecule has 3 aromatic rings. The molecule has 4 rings (SSSR count). The average molecular weight is 429 g/mol. The Morgan fingerprint density at radius 1 is 1.23 bits per heavy atom. The number of hydrogen-bond donors (Lipinski definition) is 1. The van der Waals surface area contributed by atoms with Gasteiger partial charge < -0.3 is 14.4 Å². The minimum Gasteiger partial charge on any atom is -0.477 e. The molecule has 0 fully saturated rings. The summed E-state index contributed by atoms with van der Waals surface area (Å²) in [6.07, 6.45) is 1.37. The van der Waals surface area contributed by atoms with Crippen LogP contribution < -0.4 is 10.2 Å². The van der Waals surface area contributed by atoms with Gasteiger partial charge in [-0.15, -0.1) is 0 Å². The van der Waals surface area contributed by atoms with Crippen LogP contribution in [-0.2, 0) is 6.54 Å². The van der Waals surface area contributed by atoms with Gasteiger partial charge in [0.1, 0.15) is 11.3 Å². The highest BCUT2D eigenvalue weighted by Gasteiger charge is 2.34. The molecule has 1 aliphatic heterocycles. The molecule has 0 amide bonds. The van der Waals surface area contributed by atoms with Crippen LogP contribution in [-0.4, -0.2) is 32.0 Å². The Bertz CT molecular complexity index is 1220. The van der Waals surface area contributed by atoms with Crippen LogP contribution in [0.5, 0.6) is 5.75 Å². The van der Waals surface area contributed by atoms with Crippen molar-refractivity contribution in [3.63, 3.8) is 0 Å². The van der Waals surface area contributed by atoms with E-state index < -0.39 is 18.0 Å². The van der Waals surface area contributed by atoms with Crippen LogP contribution in [0.15, 0.2) is 47.4 Å². The molecule has 31 heavy (non-hydrogen) atoms. The molecule has 7 nitrogen and oxygen atoms in total. The maximum atomic E-state index is 12.8. The number of carboxylic acid groups (broad SMARTS) is 1. The zero-order valence-corrected chi connectivity index (χ0v) is 17.2. The van der Waals surface area contributed by atoms with E-state index in [0.29, 0.717) is 29.2 Å². The van der Waals surface area contributed by atoms with E-state index in [2.05, 4.69) is 9.84 Å². The summed E-state index contributed by atoms with van der Waals surface area (Å²) in [4.78, 5) is 23.9. The van der Waals surface area contributed by atoms with Crippen molar-refractivity contribution in [3.8, 4) is 28.4 Å². The Hall–Kier alpha value is -3.49. The molecule has 0 spiro atoms. The molecule has 1 atom stereocenters. The molecule has 0 bridgehead atoms. The molecule has 0 radical (unpaired) electrons. The van der Waals surface area contributed by atoms with Crippen LogP contribution in [0.1, 0.15) is 37.2 Å². The molecule has 0 aliphatic carbocycles. The molecule has 9 heteroatoms. The SMILES string of the molecule is CC(C)(C)[C@@H]1Cn2nc(-c3ccccc3OC(F)F)cc2-c2cc(=O)c(C(=O)O)cn21. The highest BCUT2D eigenvalue weighted by atomic mass is 19.3. The first-order valence-corrected chi connectivity index (χ1v) is 9.68. The zero-order valence-electron chi connectivity index (χ0n) is 17.2. The second kappa shape index (κ2) is 7.33. The number of ether oxygens (including phenoxy) is 1. The van der Waals surface area contributed by atoms with Crippen LogP contribution in [0.3, 0.4) is 0 Å². The predicted molar refractivity (Wildman–Crippen MR) is 109 cm³/mol. The molecule has 0 unspecified atom stereocenters. The fourth-order valence-corrected chi connectivity index (χ4v) is 3.89. The smallest absolute Gasteiger partial charge is 0.387 e. The van der Waals surface area contributed by atoms with Crippen molar-refractivity contribution in [2.75, 3.05) is 0 Å². The van der Waals surface area contributed by atoms with Crippen molar-refractivity contribution in [2.24, 2.45) is 5.41 Å². The van der Waals surface area contributed by atoms with Gasteiger partial charge in [0.05, 0.1) is 29.7 Å². The van der Waals surface area contributed by atoms with E-state index >= 15 is 0 Å². The first-order valence-electron chi connectivity index (χ1n) is 9.68. The number of alkyl halides is 2. The summed E-state index contributed by atoms with van der Waals surface area (Å²) in [6, 6.07) is 9.16. The molecule has 1 aliphatic rings. The number of carboxylic acids is 1. The third kappa shape index (κ3) is 3.71. The van der Waals surface area contributed by atoms with Crippen LogP contribution >= 0.6 is 0 Å². The summed E-state index contributed by atoms with van der Waals surface area (Å²) in [5.41, 5.74) is 0.741. The Morgan fingerprint density at radius 2 is 1.94 bits per heavy atom. The van der Waals surface area contributed by atoms with E-state index in [1.54, 1.807) is 33.5 Å². The lowest BCUT2D eigenvalue weighted by atomic mass is 9.85. The lowest BCUT2D eigenvalue weighted by Crippen LogP contribution is -2.35. The van der Waals surface area contributed by atoms with Gasteiger partial charge in [0.25, 0.3) is 0 Å². The summed E-state index contributed by atoms with van der Waals surface area (Å²) in [7, 11) is 0. The zero-order chi connectivity index (χ0) is 22.5. The number of fused-ring (bicyclic) bond motifs is 3. The van der Waals surface area contributed by atoms with Gasteiger partial charge in [0, 0.05) is 17.8 Å². The van der Waals surface area contributed by atoms with E-state index in [1.165, 1.54) is 18.3 Å². The molecule has 3 heterocycles. The summed E-state index contributed by atoms with van der Waals surface area (Å²) >= 11 is 0. The Labute approximate surface area is 176 Å². The lowest BCUT2D eigenvalue weighted by molar-refractivity contribution is -0.0494. The van der Waals surface area contributed by atoms with E-state index in [-0.39, 0.29) is 22.8 Å². The standard InChI is InChI=1S/C22H21F2N3O4/c1-22(2,3)19-11-27-16(15-9-17(28)13(20(29)30)10-26(15)19)8-14(25-27)12-6-4-5-7-18(12)31-21(23)24/h4-10,19,21H,11H2,1-3H3,(H,29,30)/t19-/m0/s1. The van der Waals surface area contributed by atoms with Gasteiger partial charge in [-0.05, 0) is 23.6 Å². The fraction of sp³-hybridized carbons (Fsp3) is 0.318. The fourth-order valence-electron chi connectivity index (χ4n) is 3.89. The number of rotatable bonds is 4. The van der Waals surface area contributed by atoms with Crippen LogP contribution in [0.25, 0.3) is 22.6 Å². The molecule has 0 saturated carbocycles. The monoisotopic (exact) mass is 429 g/mol. The molecule has 162 valence electrons. The van der Waals surface area contributed by atoms with E-state index in [4.69, 9.17) is 0 Å². The predicted octanol–water partition coefficient (Wildman–Crippen LogP) is 4.28. The molecule has 0 saturated heterocycles. The van der Waals surface area contributed by atoms with Gasteiger partial charge in [-0.1, -0.05) is 32.9 Å². The number of nitrogens with zero attached hydrogens (tertiary/aromatic N) is 3. The molecular weight excluding hydrogens is 408 g/mol. The molecule has 1 aromatic carbocycles. The van der Waals surface area contributed by atoms with E-state index in [0.717, 1.165) is 0 Å². The second-order valence-corrected chi connectivity index (χ2v) is 8.50. The minimum absolute atomic E-state index is 0.000987. The second-order valence-electron chi connectivity index (χ2n) is 8.50. The Balaban J connectivity index is 1.91. The van der Waals surface area contributed by atoms with Gasteiger partial charge in [-0.2, -0.15) is 13.9 Å². The first kappa shape index (κ1) is 20.8. The number of carbonyl (C=O) groups is 1. The summed E-state index contributed by atoms with van der Waals surface area (Å²) in [6.45, 7) is 3.49. The number of benzene rings is 1. The third-order valence-corrected chi connectivity index (χ3v) is 5.41. The Morgan fingerprint density at radius 3 is 2.58 bits per heavy atom. The number of aromatic carboxylic acids is 1. The highest BCUT2D eigenvalue weighted by molar-refractivity contribution is 5.87. The first-order chi connectivity index (χ1) is 14.6. The normalized spacial score (nSPS) is 15.5. The summed E-state index contributed by atoms with van der Waals surface area (Å²) < 4.78 is 33.8. The van der Waals surface area contributed by atoms with E-state index in [1.807, 2.05) is 20.8 Å². The van der Waals surface area contributed by atoms with E-state index in [9.17, 15) is 23.5 Å². The van der Waals surface area contributed by atoms with Crippen LogP contribution in [0, 0.1) is 5.41 Å². The van der Waals surface area contributed by atoms with Crippen molar-refractivity contribution < 1.29 is 23.4 Å². The topological polar surface area (TPSA) is 86.3 Å². The number of aromatic nitrogens is 3. The average Bonchev–Trinajstić information content (AvgIpc) is 3.10. The Kier molecular flexibility index (Phi) is 4.91. The van der Waals surface area contributed by atoms with Crippen molar-refractivity contribution >= 4 is 5.97 Å².